The average Bonchev–Trinajstić information content (AvgIpc) is 2.14. The molecule has 0 radical (unpaired) electrons. The fourth-order valence-corrected chi connectivity index (χ4v) is 2.36. The molecule has 0 atom stereocenters. The number of sulfonamides is 1. The van der Waals surface area contributed by atoms with Crippen LogP contribution >= 0.6 is 22.6 Å². The Morgan fingerprint density at radius 1 is 1.29 bits per heavy atom. The van der Waals surface area contributed by atoms with Gasteiger partial charge in [-0.15, -0.1) is 0 Å². The molecule has 4 nitrogen and oxygen atoms in total. The van der Waals surface area contributed by atoms with Gasteiger partial charge in [0, 0.05) is 48.8 Å². The van der Waals surface area contributed by atoms with E-state index in [1.807, 2.05) is 22.6 Å². The zero-order valence-electron chi connectivity index (χ0n) is 8.03. The molecule has 0 spiro atoms. The molecule has 1 aliphatic heterocycles. The average molecular weight is 328 g/mol. The van der Waals surface area contributed by atoms with E-state index < -0.39 is 10.0 Å². The van der Waals surface area contributed by atoms with Gasteiger partial charge in [0.1, 0.15) is 0 Å². The molecular formula is C8H13IN2O2S. The van der Waals surface area contributed by atoms with Gasteiger partial charge in [-0.2, -0.15) is 4.31 Å². The van der Waals surface area contributed by atoms with E-state index in [4.69, 9.17) is 0 Å². The lowest BCUT2D eigenvalue weighted by molar-refractivity contribution is 0.207. The van der Waals surface area contributed by atoms with Gasteiger partial charge in [0.25, 0.3) is 0 Å². The molecule has 0 amide bonds. The van der Waals surface area contributed by atoms with Crippen LogP contribution in [0.3, 0.4) is 0 Å². The lowest BCUT2D eigenvalue weighted by Gasteiger charge is -2.31. The molecule has 0 N–H and O–H groups in total. The van der Waals surface area contributed by atoms with Crippen molar-refractivity contribution in [2.24, 2.45) is 0 Å². The highest BCUT2D eigenvalue weighted by molar-refractivity contribution is 14.1. The van der Waals surface area contributed by atoms with Crippen LogP contribution < -0.4 is 0 Å². The minimum atomic E-state index is -3.00. The van der Waals surface area contributed by atoms with Crippen LogP contribution in [0, 0.1) is 9.85 Å². The van der Waals surface area contributed by atoms with Gasteiger partial charge in [0.05, 0.1) is 12.8 Å². The Labute approximate surface area is 98.8 Å². The molecule has 0 aromatic rings. The minimum Gasteiger partial charge on any atom is -0.290 e. The van der Waals surface area contributed by atoms with E-state index in [1.165, 1.54) is 10.6 Å². The summed E-state index contributed by atoms with van der Waals surface area (Å²) in [5.74, 6) is 2.97. The predicted octanol–water partition coefficient (Wildman–Crippen LogP) is -0.0405. The van der Waals surface area contributed by atoms with Crippen molar-refractivity contribution in [3.63, 3.8) is 0 Å². The minimum absolute atomic E-state index is 0.585. The summed E-state index contributed by atoms with van der Waals surface area (Å²) in [6.45, 7) is 3.46. The number of hydrogen-bond acceptors (Lipinski definition) is 3. The normalized spacial score (nSPS) is 20.1. The van der Waals surface area contributed by atoms with Gasteiger partial charge in [-0.1, -0.05) is 5.92 Å². The summed E-state index contributed by atoms with van der Waals surface area (Å²) < 4.78 is 26.7. The molecule has 0 saturated carbocycles. The molecule has 0 aromatic carbocycles. The van der Waals surface area contributed by atoms with Gasteiger partial charge in [-0.05, 0) is 3.93 Å². The fourth-order valence-electron chi connectivity index (χ4n) is 1.36. The van der Waals surface area contributed by atoms with Gasteiger partial charge in [-0.25, -0.2) is 8.42 Å². The van der Waals surface area contributed by atoms with Gasteiger partial charge >= 0.3 is 0 Å². The van der Waals surface area contributed by atoms with Crippen molar-refractivity contribution >= 4 is 32.6 Å². The number of hydrogen-bond donors (Lipinski definition) is 0. The summed E-state index contributed by atoms with van der Waals surface area (Å²) in [7, 11) is -3.00. The number of nitrogens with zero attached hydrogens (tertiary/aromatic N) is 2. The Balaban J connectivity index is 2.41. The summed E-state index contributed by atoms with van der Waals surface area (Å²) in [6, 6.07) is 0. The first-order chi connectivity index (χ1) is 6.54. The molecule has 0 unspecified atom stereocenters. The summed E-state index contributed by atoms with van der Waals surface area (Å²) in [5, 5.41) is 0. The van der Waals surface area contributed by atoms with E-state index in [1.54, 1.807) is 0 Å². The van der Waals surface area contributed by atoms with E-state index in [0.29, 0.717) is 13.1 Å². The van der Waals surface area contributed by atoms with Crippen molar-refractivity contribution in [1.29, 1.82) is 0 Å². The SMILES string of the molecule is CS(=O)(=O)N1CCN(CC#CI)CC1. The number of piperazine rings is 1. The smallest absolute Gasteiger partial charge is 0.211 e. The first-order valence-corrected chi connectivity index (χ1v) is 7.22. The van der Waals surface area contributed by atoms with Crippen LogP contribution in [-0.2, 0) is 10.0 Å². The summed E-state index contributed by atoms with van der Waals surface area (Å²) >= 11 is 2.01. The molecular weight excluding hydrogens is 315 g/mol. The molecule has 0 aromatic heterocycles. The van der Waals surface area contributed by atoms with Crippen LogP contribution in [0.15, 0.2) is 0 Å². The Hall–Kier alpha value is 0.160. The molecule has 1 rings (SSSR count). The molecule has 0 bridgehead atoms. The van der Waals surface area contributed by atoms with Crippen LogP contribution in [-0.4, -0.2) is 56.6 Å². The van der Waals surface area contributed by atoms with Crippen LogP contribution in [0.4, 0.5) is 0 Å². The topological polar surface area (TPSA) is 40.6 Å². The molecule has 1 saturated heterocycles. The van der Waals surface area contributed by atoms with Crippen LogP contribution in [0.2, 0.25) is 0 Å². The van der Waals surface area contributed by atoms with Crippen molar-refractivity contribution < 1.29 is 8.42 Å². The van der Waals surface area contributed by atoms with Crippen LogP contribution in [0.25, 0.3) is 0 Å². The van der Waals surface area contributed by atoms with Gasteiger partial charge in [-0.3, -0.25) is 4.90 Å². The summed E-state index contributed by atoms with van der Waals surface area (Å²) in [6.07, 6.45) is 1.26. The third-order valence-corrected chi connectivity index (χ3v) is 3.85. The number of halogens is 1. The third-order valence-electron chi connectivity index (χ3n) is 2.17. The monoisotopic (exact) mass is 328 g/mol. The quantitative estimate of drug-likeness (QED) is 0.528. The zero-order valence-corrected chi connectivity index (χ0v) is 11.0. The summed E-state index contributed by atoms with van der Waals surface area (Å²) in [4.78, 5) is 2.16. The van der Waals surface area contributed by atoms with Crippen molar-refractivity contribution in [3.05, 3.63) is 0 Å². The molecule has 1 fully saturated rings. The molecule has 6 heteroatoms. The molecule has 0 aliphatic carbocycles. The maximum atomic E-state index is 11.2. The summed E-state index contributed by atoms with van der Waals surface area (Å²) in [5.41, 5.74) is 0. The second kappa shape index (κ2) is 5.30. The van der Waals surface area contributed by atoms with E-state index >= 15 is 0 Å². The highest BCUT2D eigenvalue weighted by atomic mass is 127. The molecule has 1 heterocycles. The number of rotatable bonds is 2. The van der Waals surface area contributed by atoms with Crippen molar-refractivity contribution in [3.8, 4) is 9.85 Å². The standard InChI is InChI=1S/C8H13IN2O2S/c1-14(12,13)11-7-5-10(6-8-11)4-2-3-9/h4-8H2,1H3. The van der Waals surface area contributed by atoms with Crippen LogP contribution in [0.5, 0.6) is 0 Å². The van der Waals surface area contributed by atoms with Crippen molar-refractivity contribution in [1.82, 2.24) is 9.21 Å². The van der Waals surface area contributed by atoms with Gasteiger partial charge in [0.15, 0.2) is 0 Å². The van der Waals surface area contributed by atoms with Crippen molar-refractivity contribution in [2.75, 3.05) is 39.0 Å². The van der Waals surface area contributed by atoms with E-state index in [9.17, 15) is 8.42 Å². The molecule has 1 aliphatic rings. The van der Waals surface area contributed by atoms with Gasteiger partial charge < -0.3 is 0 Å². The van der Waals surface area contributed by atoms with E-state index in [0.717, 1.165) is 19.6 Å². The highest BCUT2D eigenvalue weighted by Gasteiger charge is 2.22. The fraction of sp³-hybridized carbons (Fsp3) is 0.750. The van der Waals surface area contributed by atoms with E-state index in [-0.39, 0.29) is 0 Å². The Morgan fingerprint density at radius 2 is 1.86 bits per heavy atom. The lowest BCUT2D eigenvalue weighted by atomic mass is 10.4. The molecule has 80 valence electrons. The maximum absolute atomic E-state index is 11.2. The third kappa shape index (κ3) is 3.73. The zero-order chi connectivity index (χ0) is 10.6. The van der Waals surface area contributed by atoms with Crippen molar-refractivity contribution in [2.45, 2.75) is 0 Å². The molecule has 14 heavy (non-hydrogen) atoms. The Morgan fingerprint density at radius 3 is 2.29 bits per heavy atom. The van der Waals surface area contributed by atoms with Crippen LogP contribution in [0.1, 0.15) is 0 Å². The second-order valence-electron chi connectivity index (χ2n) is 3.21. The van der Waals surface area contributed by atoms with E-state index in [2.05, 4.69) is 14.7 Å². The maximum Gasteiger partial charge on any atom is 0.211 e. The largest absolute Gasteiger partial charge is 0.290 e. The second-order valence-corrected chi connectivity index (χ2v) is 5.73. The lowest BCUT2D eigenvalue weighted by Crippen LogP contribution is -2.48. The Kier molecular flexibility index (Phi) is 4.63. The van der Waals surface area contributed by atoms with Gasteiger partial charge in [0.2, 0.25) is 10.0 Å². The highest BCUT2D eigenvalue weighted by Crippen LogP contribution is 2.04. The predicted molar refractivity (Wildman–Crippen MR) is 64.7 cm³/mol. The first-order valence-electron chi connectivity index (χ1n) is 4.30. The first kappa shape index (κ1) is 12.2. The Bertz CT molecular complexity index is 336.